The van der Waals surface area contributed by atoms with Crippen LogP contribution in [-0.2, 0) is 5.41 Å². The molecule has 1 aliphatic carbocycles. The number of para-hydroxylation sites is 7. The van der Waals surface area contributed by atoms with Crippen molar-refractivity contribution in [2.45, 2.75) is 5.41 Å². The van der Waals surface area contributed by atoms with Crippen molar-refractivity contribution in [3.05, 3.63) is 253 Å². The van der Waals surface area contributed by atoms with Crippen molar-refractivity contribution in [1.29, 1.82) is 0 Å². The van der Waals surface area contributed by atoms with Crippen LogP contribution in [0.4, 0.5) is 0 Å². The Hall–Kier alpha value is -9.59. The van der Waals surface area contributed by atoms with E-state index in [0.717, 1.165) is 117 Å². The first kappa shape index (κ1) is 38.4. The molecule has 8 aromatic carbocycles. The molecule has 0 saturated carbocycles. The minimum absolute atomic E-state index is 0.788. The van der Waals surface area contributed by atoms with Crippen LogP contribution < -0.4 is 4.74 Å². The van der Waals surface area contributed by atoms with Crippen LogP contribution in [0.2, 0.25) is 0 Å². The van der Waals surface area contributed by atoms with Gasteiger partial charge in [0.1, 0.15) is 11.5 Å². The second-order valence-electron chi connectivity index (χ2n) is 18.7. The van der Waals surface area contributed by atoms with Crippen molar-refractivity contribution in [2.75, 3.05) is 0 Å². The van der Waals surface area contributed by atoms with Crippen LogP contribution in [-0.4, -0.2) is 28.7 Å². The highest BCUT2D eigenvalue weighted by atomic mass is 16.5. The van der Waals surface area contributed by atoms with Gasteiger partial charge in [-0.1, -0.05) is 133 Å². The van der Waals surface area contributed by atoms with Crippen LogP contribution >= 0.6 is 0 Å². The van der Waals surface area contributed by atoms with E-state index in [1.54, 1.807) is 0 Å². The van der Waals surface area contributed by atoms with E-state index in [4.69, 9.17) is 19.7 Å². The fourth-order valence-electron chi connectivity index (χ4n) is 12.4. The van der Waals surface area contributed by atoms with E-state index in [0.29, 0.717) is 0 Å². The van der Waals surface area contributed by atoms with Gasteiger partial charge < -0.3 is 13.9 Å². The van der Waals surface area contributed by atoms with Crippen molar-refractivity contribution in [1.82, 2.24) is 28.7 Å². The topological polar surface area (TPSA) is 62.7 Å². The maximum Gasteiger partial charge on any atom is 0.162 e. The molecule has 0 unspecified atom stereocenters. The second kappa shape index (κ2) is 14.2. The van der Waals surface area contributed by atoms with E-state index >= 15 is 0 Å². The molecule has 0 saturated heterocycles. The van der Waals surface area contributed by atoms with Gasteiger partial charge in [0.25, 0.3) is 0 Å². The van der Waals surface area contributed by atoms with Gasteiger partial charge in [0, 0.05) is 72.5 Å². The van der Waals surface area contributed by atoms with Gasteiger partial charge in [-0.2, -0.15) is 0 Å². The molecule has 0 amide bonds. The number of benzene rings is 8. The minimum Gasteiger partial charge on any atom is -0.457 e. The monoisotopic (exact) mass is 906 g/mol. The number of rotatable bonds is 4. The number of hydrogen-bond donors (Lipinski definition) is 0. The van der Waals surface area contributed by atoms with Crippen LogP contribution in [0.1, 0.15) is 22.3 Å². The third-order valence-corrected chi connectivity index (χ3v) is 15.2. The summed E-state index contributed by atoms with van der Waals surface area (Å²) in [5.74, 6) is 2.50. The lowest BCUT2D eigenvalue weighted by molar-refractivity contribution is 0.436. The lowest BCUT2D eigenvalue weighted by atomic mass is 9.66. The molecule has 7 heteroatoms. The number of fused-ring (bicyclic) bond motifs is 18. The lowest BCUT2D eigenvalue weighted by Crippen LogP contribution is -2.32. The van der Waals surface area contributed by atoms with Crippen molar-refractivity contribution in [3.63, 3.8) is 0 Å². The van der Waals surface area contributed by atoms with Crippen LogP contribution in [0.5, 0.6) is 11.5 Å². The van der Waals surface area contributed by atoms with E-state index in [-0.39, 0.29) is 0 Å². The molecule has 0 atom stereocenters. The Kier molecular flexibility index (Phi) is 7.69. The third-order valence-electron chi connectivity index (χ3n) is 15.2. The summed E-state index contributed by atoms with van der Waals surface area (Å²) in [7, 11) is 0. The maximum atomic E-state index is 6.77. The highest BCUT2D eigenvalue weighted by Crippen LogP contribution is 2.62. The van der Waals surface area contributed by atoms with Gasteiger partial charge in [-0.25, -0.2) is 4.98 Å². The Balaban J connectivity index is 0.917. The van der Waals surface area contributed by atoms with Crippen LogP contribution in [0, 0.1) is 0 Å². The second-order valence-corrected chi connectivity index (χ2v) is 18.7. The van der Waals surface area contributed by atoms with Gasteiger partial charge in [-0.3, -0.25) is 14.5 Å². The smallest absolute Gasteiger partial charge is 0.162 e. The molecule has 330 valence electrons. The molecule has 71 heavy (non-hydrogen) atoms. The van der Waals surface area contributed by atoms with Crippen LogP contribution in [0.25, 0.3) is 105 Å². The fraction of sp³-hybridized carbons (Fsp3) is 0.0156. The van der Waals surface area contributed by atoms with Crippen molar-refractivity contribution in [2.24, 2.45) is 0 Å². The Morgan fingerprint density at radius 2 is 0.817 bits per heavy atom. The van der Waals surface area contributed by atoms with Crippen molar-refractivity contribution in [3.8, 4) is 51.2 Å². The largest absolute Gasteiger partial charge is 0.457 e. The molecule has 0 bridgehead atoms. The molecule has 16 rings (SSSR count). The first-order chi connectivity index (χ1) is 35.2. The van der Waals surface area contributed by atoms with Crippen LogP contribution in [0.3, 0.4) is 0 Å². The van der Waals surface area contributed by atoms with Crippen molar-refractivity contribution >= 4 is 65.4 Å². The molecule has 2 aliphatic rings. The van der Waals surface area contributed by atoms with E-state index in [2.05, 4.69) is 220 Å². The Morgan fingerprint density at radius 3 is 1.42 bits per heavy atom. The van der Waals surface area contributed by atoms with Gasteiger partial charge in [0.15, 0.2) is 5.82 Å². The highest BCUT2D eigenvalue weighted by molar-refractivity contribution is 6.13. The Labute approximate surface area is 406 Å². The summed E-state index contributed by atoms with van der Waals surface area (Å²) in [6.45, 7) is 0. The van der Waals surface area contributed by atoms with E-state index < -0.39 is 5.41 Å². The zero-order chi connectivity index (χ0) is 46.4. The summed E-state index contributed by atoms with van der Waals surface area (Å²) in [5.41, 5.74) is 16.0. The summed E-state index contributed by atoms with van der Waals surface area (Å²) < 4.78 is 13.8. The molecule has 1 aliphatic heterocycles. The molecule has 6 aromatic heterocycles. The minimum atomic E-state index is -0.788. The molecular formula is C64H38N6O. The summed E-state index contributed by atoms with van der Waals surface area (Å²) in [5, 5.41) is 7.12. The summed E-state index contributed by atoms with van der Waals surface area (Å²) >= 11 is 0. The first-order valence-corrected chi connectivity index (χ1v) is 24.1. The van der Waals surface area contributed by atoms with E-state index in [9.17, 15) is 0 Å². The van der Waals surface area contributed by atoms with E-state index in [1.165, 1.54) is 21.5 Å². The van der Waals surface area contributed by atoms with Gasteiger partial charge >= 0.3 is 0 Å². The lowest BCUT2D eigenvalue weighted by Gasteiger charge is -2.39. The predicted octanol–water partition coefficient (Wildman–Crippen LogP) is 15.3. The normalized spacial score (nSPS) is 13.3. The quantitative estimate of drug-likeness (QED) is 0.176. The zero-order valence-electron chi connectivity index (χ0n) is 38.0. The molecule has 14 aromatic rings. The number of hydrogen-bond acceptors (Lipinski definition) is 4. The third kappa shape index (κ3) is 5.08. The number of nitrogens with zero attached hydrogens (tertiary/aromatic N) is 6. The molecule has 0 radical (unpaired) electrons. The molecule has 7 heterocycles. The summed E-state index contributed by atoms with van der Waals surface area (Å²) in [6, 6.07) is 76.0. The van der Waals surface area contributed by atoms with Gasteiger partial charge in [0.05, 0.1) is 67.5 Å². The Bertz CT molecular complexity index is 4440. The standard InChI is InChI=1S/C64H38N6O/c1-8-23-52-42(16-1)43-17-2-9-24-53(43)68(52)41-36-51-62(67-38-41)61-50(64(51)48-21-6-13-29-59(48)71-60-30-14-7-22-49(60)64)35-40(37-66-61)39-31-32-57-47(34-39)46-20-5-12-27-56(46)70(57)63-58(28-15-33-65-63)69-54-25-10-3-18-44(54)45-19-4-11-26-55(45)69/h1-38H. The summed E-state index contributed by atoms with van der Waals surface area (Å²) in [6.07, 6.45) is 5.95. The summed E-state index contributed by atoms with van der Waals surface area (Å²) in [4.78, 5) is 16.0. The SMILES string of the molecule is c1ccc2c(c1)Oc1ccccc1C21c2cc(-c3ccc4c(c3)c3ccccc3n4-c3ncccc3-n3c4ccccc4c4ccccc43)cnc2-c2ncc(-n3c4ccccc4c4ccccc43)cc21. The first-order valence-electron chi connectivity index (χ1n) is 24.1. The molecule has 0 fully saturated rings. The van der Waals surface area contributed by atoms with Gasteiger partial charge in [0.2, 0.25) is 0 Å². The average molecular weight is 907 g/mol. The van der Waals surface area contributed by atoms with E-state index in [1.807, 2.05) is 24.7 Å². The molecule has 0 N–H and O–H groups in total. The number of aromatic nitrogens is 6. The molecule has 7 nitrogen and oxygen atoms in total. The Morgan fingerprint density at radius 1 is 0.338 bits per heavy atom. The fourth-order valence-corrected chi connectivity index (χ4v) is 12.4. The van der Waals surface area contributed by atoms with Gasteiger partial charge in [-0.15, -0.1) is 0 Å². The highest BCUT2D eigenvalue weighted by Gasteiger charge is 2.53. The number of ether oxygens (including phenoxy) is 1. The molecular weight excluding hydrogens is 869 g/mol. The van der Waals surface area contributed by atoms with Crippen molar-refractivity contribution < 1.29 is 4.74 Å². The zero-order valence-corrected chi connectivity index (χ0v) is 38.0. The van der Waals surface area contributed by atoms with Gasteiger partial charge in [-0.05, 0) is 84.4 Å². The van der Waals surface area contributed by atoms with Crippen LogP contribution in [0.15, 0.2) is 231 Å². The molecule has 1 spiro atoms. The predicted molar refractivity (Wildman–Crippen MR) is 286 cm³/mol. The average Bonchev–Trinajstić information content (AvgIpc) is 4.15. The number of pyridine rings is 3. The maximum absolute atomic E-state index is 6.77.